The van der Waals surface area contributed by atoms with Gasteiger partial charge in [0, 0.05) is 52.9 Å². The van der Waals surface area contributed by atoms with E-state index >= 15 is 0 Å². The molecule has 9 N–H and O–H groups in total. The SMILES string of the molecule is CC(=O)NC1[C@H](OCCCCC(=O)CCC(C)(C)CNC(=O)CCCCO[C@@H]2OC(CO)[C@H](O)[C@H](O)C2NC(C)=O)OC(CO)[C@H](O)[C@@H]1O. The second-order valence-corrected chi connectivity index (χ2v) is 13.5. The molecule has 2 fully saturated rings. The van der Waals surface area contributed by atoms with Crippen LogP contribution in [0.15, 0.2) is 0 Å². The van der Waals surface area contributed by atoms with Crippen LogP contribution in [0.25, 0.3) is 0 Å². The van der Waals surface area contributed by atoms with E-state index in [1.807, 2.05) is 13.8 Å². The molecular formula is C32H57N3O14. The Bertz CT molecular complexity index is 971. The number of amides is 3. The number of carbonyl (C=O) groups excluding carboxylic acids is 4. The third kappa shape index (κ3) is 14.4. The van der Waals surface area contributed by atoms with Gasteiger partial charge in [-0.25, -0.2) is 0 Å². The van der Waals surface area contributed by atoms with Crippen molar-refractivity contribution in [2.24, 2.45) is 5.41 Å². The van der Waals surface area contributed by atoms with Crippen LogP contribution in [0.5, 0.6) is 0 Å². The van der Waals surface area contributed by atoms with E-state index in [-0.39, 0.29) is 36.7 Å². The molecule has 2 rings (SSSR count). The van der Waals surface area contributed by atoms with Crippen molar-refractivity contribution < 1.29 is 68.8 Å². The van der Waals surface area contributed by atoms with Crippen molar-refractivity contribution in [3.63, 3.8) is 0 Å². The third-order valence-corrected chi connectivity index (χ3v) is 8.56. The van der Waals surface area contributed by atoms with Crippen LogP contribution >= 0.6 is 0 Å². The number of unbranched alkanes of at least 4 members (excludes halogenated alkanes) is 2. The zero-order valence-electron chi connectivity index (χ0n) is 28.9. The first kappa shape index (κ1) is 42.8. The van der Waals surface area contributed by atoms with Gasteiger partial charge in [-0.1, -0.05) is 13.8 Å². The number of ether oxygens (including phenoxy) is 4. The Kier molecular flexibility index (Phi) is 18.5. The molecule has 2 aliphatic rings. The Labute approximate surface area is 287 Å². The molecule has 0 aromatic carbocycles. The fourth-order valence-electron chi connectivity index (χ4n) is 5.55. The van der Waals surface area contributed by atoms with Crippen molar-refractivity contribution in [2.75, 3.05) is 33.0 Å². The molecule has 10 atom stereocenters. The number of aliphatic hydroxyl groups excluding tert-OH is 6. The normalized spacial score (nSPS) is 30.4. The van der Waals surface area contributed by atoms with Crippen LogP contribution in [0.4, 0.5) is 0 Å². The molecule has 2 saturated heterocycles. The van der Waals surface area contributed by atoms with Gasteiger partial charge in [0.05, 0.1) is 13.2 Å². The molecule has 17 heteroatoms. The first-order valence-corrected chi connectivity index (χ1v) is 16.9. The molecule has 0 saturated carbocycles. The highest BCUT2D eigenvalue weighted by atomic mass is 16.7. The van der Waals surface area contributed by atoms with E-state index in [0.717, 1.165) is 0 Å². The maximum Gasteiger partial charge on any atom is 0.220 e. The Balaban J connectivity index is 1.62. The second kappa shape index (κ2) is 21.1. The van der Waals surface area contributed by atoms with Crippen molar-refractivity contribution in [1.29, 1.82) is 0 Å². The van der Waals surface area contributed by atoms with Crippen LogP contribution in [0.2, 0.25) is 0 Å². The number of Topliss-reactive ketones (excluding diaryl/α,β-unsaturated/α-hetero) is 1. The van der Waals surface area contributed by atoms with E-state index in [9.17, 15) is 49.8 Å². The lowest BCUT2D eigenvalue weighted by Gasteiger charge is -2.42. The highest BCUT2D eigenvalue weighted by molar-refractivity contribution is 5.78. The summed E-state index contributed by atoms with van der Waals surface area (Å²) in [5.74, 6) is -0.980. The van der Waals surface area contributed by atoms with E-state index in [1.54, 1.807) is 0 Å². The fourth-order valence-corrected chi connectivity index (χ4v) is 5.55. The molecule has 2 heterocycles. The van der Waals surface area contributed by atoms with Gasteiger partial charge in [0.2, 0.25) is 17.7 Å². The van der Waals surface area contributed by atoms with Gasteiger partial charge < -0.3 is 65.5 Å². The minimum atomic E-state index is -1.40. The summed E-state index contributed by atoms with van der Waals surface area (Å²) in [5, 5.41) is 67.6. The monoisotopic (exact) mass is 707 g/mol. The van der Waals surface area contributed by atoms with Gasteiger partial charge in [0.15, 0.2) is 12.6 Å². The molecule has 0 aromatic rings. The molecule has 49 heavy (non-hydrogen) atoms. The maximum absolute atomic E-state index is 12.5. The molecule has 0 aromatic heterocycles. The van der Waals surface area contributed by atoms with Gasteiger partial charge >= 0.3 is 0 Å². The Morgan fingerprint density at radius 2 is 1.12 bits per heavy atom. The quantitative estimate of drug-likeness (QED) is 0.0571. The molecule has 0 bridgehead atoms. The third-order valence-electron chi connectivity index (χ3n) is 8.56. The van der Waals surface area contributed by atoms with Gasteiger partial charge in [-0.2, -0.15) is 0 Å². The number of hydrogen-bond acceptors (Lipinski definition) is 14. The van der Waals surface area contributed by atoms with Crippen molar-refractivity contribution in [2.45, 2.75) is 140 Å². The average molecular weight is 708 g/mol. The van der Waals surface area contributed by atoms with Crippen LogP contribution in [-0.4, -0.2) is 148 Å². The fraction of sp³-hybridized carbons (Fsp3) is 0.875. The predicted octanol–water partition coefficient (Wildman–Crippen LogP) is -2.26. The summed E-state index contributed by atoms with van der Waals surface area (Å²) in [7, 11) is 0. The Morgan fingerprint density at radius 1 is 0.673 bits per heavy atom. The number of nitrogens with one attached hydrogen (secondary N) is 3. The van der Waals surface area contributed by atoms with Gasteiger partial charge in [0.1, 0.15) is 54.5 Å². The summed E-state index contributed by atoms with van der Waals surface area (Å²) >= 11 is 0. The van der Waals surface area contributed by atoms with Crippen LogP contribution in [0, 0.1) is 5.41 Å². The van der Waals surface area contributed by atoms with Crippen LogP contribution in [-0.2, 0) is 38.1 Å². The van der Waals surface area contributed by atoms with Crippen LogP contribution in [0.1, 0.15) is 79.1 Å². The zero-order valence-corrected chi connectivity index (χ0v) is 28.9. The van der Waals surface area contributed by atoms with Crippen molar-refractivity contribution in [1.82, 2.24) is 16.0 Å². The van der Waals surface area contributed by atoms with E-state index in [4.69, 9.17) is 18.9 Å². The number of hydrogen-bond donors (Lipinski definition) is 9. The highest BCUT2D eigenvalue weighted by Crippen LogP contribution is 2.25. The second-order valence-electron chi connectivity index (χ2n) is 13.5. The molecule has 0 radical (unpaired) electrons. The summed E-state index contributed by atoms with van der Waals surface area (Å²) in [6, 6.07) is -2.05. The van der Waals surface area contributed by atoms with Gasteiger partial charge in [0.25, 0.3) is 0 Å². The number of aliphatic hydroxyl groups is 6. The summed E-state index contributed by atoms with van der Waals surface area (Å²) in [4.78, 5) is 48.0. The molecule has 17 nitrogen and oxygen atoms in total. The topological polar surface area (TPSA) is 263 Å². The largest absolute Gasteiger partial charge is 0.394 e. The van der Waals surface area contributed by atoms with Gasteiger partial charge in [-0.05, 0) is 37.5 Å². The van der Waals surface area contributed by atoms with Crippen molar-refractivity contribution >= 4 is 23.5 Å². The molecule has 2 aliphatic heterocycles. The highest BCUT2D eigenvalue weighted by Gasteiger charge is 2.46. The van der Waals surface area contributed by atoms with Crippen molar-refractivity contribution in [3.8, 4) is 0 Å². The van der Waals surface area contributed by atoms with Crippen LogP contribution < -0.4 is 16.0 Å². The van der Waals surface area contributed by atoms with E-state index in [1.165, 1.54) is 13.8 Å². The number of carbonyl (C=O) groups is 4. The maximum atomic E-state index is 12.5. The molecular weight excluding hydrogens is 650 g/mol. The zero-order chi connectivity index (χ0) is 36.7. The Hall–Kier alpha value is -2.32. The van der Waals surface area contributed by atoms with Crippen molar-refractivity contribution in [3.05, 3.63) is 0 Å². The molecule has 0 aliphatic carbocycles. The average Bonchev–Trinajstić information content (AvgIpc) is 3.04. The molecule has 284 valence electrons. The van der Waals surface area contributed by atoms with Gasteiger partial charge in [-0.3, -0.25) is 19.2 Å². The van der Waals surface area contributed by atoms with E-state index in [0.29, 0.717) is 51.5 Å². The van der Waals surface area contributed by atoms with E-state index in [2.05, 4.69) is 16.0 Å². The first-order valence-electron chi connectivity index (χ1n) is 16.9. The lowest BCUT2D eigenvalue weighted by molar-refractivity contribution is -0.270. The lowest BCUT2D eigenvalue weighted by Crippen LogP contribution is -2.64. The van der Waals surface area contributed by atoms with E-state index < -0.39 is 86.3 Å². The van der Waals surface area contributed by atoms with Crippen LogP contribution in [0.3, 0.4) is 0 Å². The molecule has 4 unspecified atom stereocenters. The summed E-state index contributed by atoms with van der Waals surface area (Å²) in [5.41, 5.74) is -0.324. The standard InChI is InChI=1S/C32H57N3O14/c1-18(38)34-24-28(44)26(42)21(15-36)48-30(24)46-13-7-5-9-20(40)11-12-32(3,4)17-33-23(41)10-6-8-14-47-31-25(35-19(2)39)29(45)27(43)22(16-37)49-31/h21-22,24-31,36-37,42-45H,5-17H2,1-4H3,(H,33,41)(H,34,38)(H,35,39)/t21?,22?,24?,25?,26-,27-,28+,29+,30+,31+/m0/s1. The van der Waals surface area contributed by atoms with Gasteiger partial charge in [-0.15, -0.1) is 0 Å². The molecule has 3 amide bonds. The lowest BCUT2D eigenvalue weighted by atomic mass is 9.86. The minimum Gasteiger partial charge on any atom is -0.394 e. The predicted molar refractivity (Wildman–Crippen MR) is 171 cm³/mol. The first-order chi connectivity index (χ1) is 23.1. The minimum absolute atomic E-state index is 0.0679. The Morgan fingerprint density at radius 3 is 1.55 bits per heavy atom. The summed E-state index contributed by atoms with van der Waals surface area (Å²) in [6.07, 6.45) is -6.40. The number of rotatable bonds is 21. The smallest absolute Gasteiger partial charge is 0.220 e. The summed E-state index contributed by atoms with van der Waals surface area (Å²) in [6.45, 7) is 6.05. The molecule has 0 spiro atoms. The summed E-state index contributed by atoms with van der Waals surface area (Å²) < 4.78 is 22.4. The number of ketones is 1.